The van der Waals surface area contributed by atoms with Crippen LogP contribution in [0.2, 0.25) is 0 Å². The monoisotopic (exact) mass is 567 g/mol. The highest BCUT2D eigenvalue weighted by molar-refractivity contribution is 14.0. The van der Waals surface area contributed by atoms with Crippen LogP contribution in [0.4, 0.5) is 4.39 Å². The molecule has 2 aromatic carbocycles. The lowest BCUT2D eigenvalue weighted by atomic mass is 9.74. The summed E-state index contributed by atoms with van der Waals surface area (Å²) in [6.07, 6.45) is 3.79. The van der Waals surface area contributed by atoms with E-state index >= 15 is 0 Å². The second kappa shape index (κ2) is 10.0. The second-order valence-corrected chi connectivity index (χ2v) is 9.00. The van der Waals surface area contributed by atoms with E-state index in [4.69, 9.17) is 14.2 Å². The number of nitrogens with zero attached hydrogens (tertiary/aromatic N) is 1. The lowest BCUT2D eigenvalue weighted by molar-refractivity contribution is 0.0513. The number of guanidine groups is 1. The summed E-state index contributed by atoms with van der Waals surface area (Å²) in [5.74, 6) is 2.21. The van der Waals surface area contributed by atoms with Gasteiger partial charge in [-0.1, -0.05) is 24.3 Å². The van der Waals surface area contributed by atoms with Gasteiger partial charge in [0.1, 0.15) is 5.82 Å². The van der Waals surface area contributed by atoms with Gasteiger partial charge in [-0.05, 0) is 55.0 Å². The van der Waals surface area contributed by atoms with Crippen LogP contribution >= 0.6 is 24.0 Å². The molecule has 1 saturated carbocycles. The van der Waals surface area contributed by atoms with Crippen molar-refractivity contribution in [2.24, 2.45) is 4.99 Å². The molecule has 0 amide bonds. The fourth-order valence-electron chi connectivity index (χ4n) is 4.87. The van der Waals surface area contributed by atoms with Gasteiger partial charge in [0.15, 0.2) is 17.5 Å². The Hall–Kier alpha value is -2.07. The minimum absolute atomic E-state index is 0. The number of hydrogen-bond acceptors (Lipinski definition) is 4. The molecule has 2 heterocycles. The summed E-state index contributed by atoms with van der Waals surface area (Å²) >= 11 is 0. The minimum atomic E-state index is -0.142. The average Bonchev–Trinajstić information content (AvgIpc) is 3.46. The molecule has 2 fully saturated rings. The van der Waals surface area contributed by atoms with Crippen molar-refractivity contribution < 1.29 is 18.6 Å². The average molecular weight is 567 g/mol. The fraction of sp³-hybridized carbons (Fsp3) is 0.480. The Morgan fingerprint density at radius 1 is 0.939 bits per heavy atom. The van der Waals surface area contributed by atoms with Gasteiger partial charge in [-0.2, -0.15) is 0 Å². The fourth-order valence-corrected chi connectivity index (χ4v) is 4.87. The third-order valence-corrected chi connectivity index (χ3v) is 7.15. The Bertz CT molecular complexity index is 1010. The Kier molecular flexibility index (Phi) is 7.33. The van der Waals surface area contributed by atoms with E-state index in [0.29, 0.717) is 6.54 Å². The Labute approximate surface area is 211 Å². The van der Waals surface area contributed by atoms with Gasteiger partial charge in [0, 0.05) is 44.2 Å². The maximum absolute atomic E-state index is 14.4. The van der Waals surface area contributed by atoms with Crippen molar-refractivity contribution in [1.82, 2.24) is 10.6 Å². The zero-order valence-corrected chi connectivity index (χ0v) is 21.2. The third kappa shape index (κ3) is 4.91. The molecule has 1 saturated heterocycles. The van der Waals surface area contributed by atoms with Gasteiger partial charge < -0.3 is 24.8 Å². The summed E-state index contributed by atoms with van der Waals surface area (Å²) in [5, 5.41) is 6.97. The number of rotatable bonds is 6. The molecule has 2 aromatic rings. The molecule has 3 aliphatic rings. The van der Waals surface area contributed by atoms with Gasteiger partial charge >= 0.3 is 0 Å². The lowest BCUT2D eigenvalue weighted by Gasteiger charge is -2.38. The highest BCUT2D eigenvalue weighted by Gasteiger charge is 2.46. The van der Waals surface area contributed by atoms with Crippen molar-refractivity contribution in [3.8, 4) is 11.5 Å². The minimum Gasteiger partial charge on any atom is -0.454 e. The number of benzene rings is 2. The standard InChI is InChI=1S/C25H30FN3O3.HI/c1-27-23(29-16-25(8-9-25)19-4-2-3-5-20(19)26)28-15-24(10-12-30-13-11-24)18-6-7-21-22(14-18)32-17-31-21;/h2-7,14H,8-13,15-17H2,1H3,(H2,27,28,29);1H. The van der Waals surface area contributed by atoms with Gasteiger partial charge in [0.25, 0.3) is 0 Å². The second-order valence-electron chi connectivity index (χ2n) is 9.00. The Balaban J connectivity index is 0.00000259. The maximum atomic E-state index is 14.4. The number of halogens is 2. The zero-order chi connectivity index (χ0) is 22.0. The largest absolute Gasteiger partial charge is 0.454 e. The topological polar surface area (TPSA) is 64.1 Å². The molecular weight excluding hydrogens is 536 g/mol. The molecule has 5 rings (SSSR count). The van der Waals surface area contributed by atoms with Crippen LogP contribution in [0.15, 0.2) is 47.5 Å². The molecule has 0 radical (unpaired) electrons. The van der Waals surface area contributed by atoms with Crippen LogP contribution in [0.25, 0.3) is 0 Å². The molecule has 1 aliphatic carbocycles. The predicted octanol–water partition coefficient (Wildman–Crippen LogP) is 4.12. The first-order valence-electron chi connectivity index (χ1n) is 11.3. The number of nitrogens with one attached hydrogen (secondary N) is 2. The van der Waals surface area contributed by atoms with Crippen molar-refractivity contribution >= 4 is 29.9 Å². The molecule has 0 bridgehead atoms. The van der Waals surface area contributed by atoms with Gasteiger partial charge in [0.05, 0.1) is 0 Å². The molecule has 33 heavy (non-hydrogen) atoms. The van der Waals surface area contributed by atoms with Crippen LogP contribution in [-0.2, 0) is 15.6 Å². The summed E-state index contributed by atoms with van der Waals surface area (Å²) in [7, 11) is 1.77. The van der Waals surface area contributed by atoms with E-state index in [2.05, 4.69) is 27.8 Å². The van der Waals surface area contributed by atoms with Gasteiger partial charge in [-0.15, -0.1) is 24.0 Å². The predicted molar refractivity (Wildman–Crippen MR) is 136 cm³/mol. The lowest BCUT2D eigenvalue weighted by Crippen LogP contribution is -2.49. The molecule has 0 unspecified atom stereocenters. The summed E-state index contributed by atoms with van der Waals surface area (Å²) in [4.78, 5) is 4.43. The molecule has 0 atom stereocenters. The highest BCUT2D eigenvalue weighted by atomic mass is 127. The molecule has 8 heteroatoms. The van der Waals surface area contributed by atoms with E-state index in [1.807, 2.05) is 18.2 Å². The van der Waals surface area contributed by atoms with E-state index in [0.717, 1.165) is 68.5 Å². The maximum Gasteiger partial charge on any atom is 0.231 e. The van der Waals surface area contributed by atoms with Crippen molar-refractivity contribution in [1.29, 1.82) is 0 Å². The van der Waals surface area contributed by atoms with E-state index in [9.17, 15) is 4.39 Å². The molecule has 6 nitrogen and oxygen atoms in total. The van der Waals surface area contributed by atoms with Crippen molar-refractivity contribution in [3.63, 3.8) is 0 Å². The first-order valence-corrected chi connectivity index (χ1v) is 11.3. The van der Waals surface area contributed by atoms with Crippen LogP contribution in [0.5, 0.6) is 11.5 Å². The van der Waals surface area contributed by atoms with E-state index in [1.165, 1.54) is 5.56 Å². The van der Waals surface area contributed by atoms with Gasteiger partial charge in [-0.3, -0.25) is 4.99 Å². The number of fused-ring (bicyclic) bond motifs is 1. The van der Waals surface area contributed by atoms with Crippen LogP contribution in [0.1, 0.15) is 36.8 Å². The smallest absolute Gasteiger partial charge is 0.231 e. The third-order valence-electron chi connectivity index (χ3n) is 7.15. The Morgan fingerprint density at radius 3 is 2.33 bits per heavy atom. The molecule has 2 N–H and O–H groups in total. The van der Waals surface area contributed by atoms with Crippen LogP contribution in [0, 0.1) is 5.82 Å². The normalized spacial score (nSPS) is 20.0. The van der Waals surface area contributed by atoms with E-state index in [-0.39, 0.29) is 47.4 Å². The quantitative estimate of drug-likeness (QED) is 0.313. The SMILES string of the molecule is CN=C(NCC1(c2ccc3c(c2)OCO3)CCOCC1)NCC1(c2ccccc2F)CC1.I. The van der Waals surface area contributed by atoms with Crippen LogP contribution in [0.3, 0.4) is 0 Å². The molecule has 0 aromatic heterocycles. The van der Waals surface area contributed by atoms with Crippen LogP contribution in [-0.4, -0.2) is 46.1 Å². The van der Waals surface area contributed by atoms with Crippen molar-refractivity contribution in [2.45, 2.75) is 36.5 Å². The van der Waals surface area contributed by atoms with Gasteiger partial charge in [0.2, 0.25) is 6.79 Å². The van der Waals surface area contributed by atoms with Crippen LogP contribution < -0.4 is 20.1 Å². The van der Waals surface area contributed by atoms with Crippen molar-refractivity contribution in [3.05, 3.63) is 59.4 Å². The summed E-state index contributed by atoms with van der Waals surface area (Å²) in [6, 6.07) is 13.3. The summed E-state index contributed by atoms with van der Waals surface area (Å²) < 4.78 is 31.1. The van der Waals surface area contributed by atoms with E-state index < -0.39 is 0 Å². The first-order chi connectivity index (χ1) is 15.6. The molecule has 0 spiro atoms. The molecule has 2 aliphatic heterocycles. The van der Waals surface area contributed by atoms with Crippen molar-refractivity contribution in [2.75, 3.05) is 40.1 Å². The number of ether oxygens (including phenoxy) is 3. The Morgan fingerprint density at radius 2 is 1.64 bits per heavy atom. The van der Waals surface area contributed by atoms with Gasteiger partial charge in [-0.25, -0.2) is 4.39 Å². The number of hydrogen-bond donors (Lipinski definition) is 2. The molecular formula is C25H31FIN3O3. The first kappa shape index (κ1) is 24.1. The molecule has 178 valence electrons. The zero-order valence-electron chi connectivity index (χ0n) is 18.9. The number of aliphatic imine (C=N–C) groups is 1. The summed E-state index contributed by atoms with van der Waals surface area (Å²) in [5.41, 5.74) is 1.79. The summed E-state index contributed by atoms with van der Waals surface area (Å²) in [6.45, 7) is 3.10. The highest BCUT2D eigenvalue weighted by Crippen LogP contribution is 2.48. The van der Waals surface area contributed by atoms with E-state index in [1.54, 1.807) is 19.2 Å².